The molecule has 12 nitrogen and oxygen atoms in total. The maximum Gasteiger partial charge on any atom is 0.417 e. The molecule has 1 saturated heterocycles. The van der Waals surface area contributed by atoms with Gasteiger partial charge in [-0.25, -0.2) is 29.1 Å². The van der Waals surface area contributed by atoms with E-state index in [4.69, 9.17) is 15.5 Å². The number of pyridine rings is 1. The van der Waals surface area contributed by atoms with Crippen molar-refractivity contribution in [2.24, 2.45) is 0 Å². The number of ether oxygens (including phenoxy) is 1. The number of rotatable bonds is 5. The Bertz CT molecular complexity index is 2130. The number of alkyl halides is 3. The summed E-state index contributed by atoms with van der Waals surface area (Å²) < 4.78 is 50.2. The SMILES string of the molecule is C[C@@H]1CN(c2nc(=O)n(-c3c(C4CC4)ncnc3C3CC3)c3nc(-c4cc(N)ccc4C(F)(F)F)c(C#N)cc23)[C@@H](C)CN1C(=O)OC(C)(C)C. The molecule has 51 heavy (non-hydrogen) atoms. The zero-order valence-electron chi connectivity index (χ0n) is 29.0. The third-order valence-electron chi connectivity index (χ3n) is 9.49. The van der Waals surface area contributed by atoms with E-state index in [1.165, 1.54) is 17.0 Å². The first-order valence-corrected chi connectivity index (χ1v) is 17.0. The van der Waals surface area contributed by atoms with Crippen LogP contribution in [0.4, 0.5) is 29.5 Å². The minimum absolute atomic E-state index is 0.0163. The van der Waals surface area contributed by atoms with E-state index in [0.29, 0.717) is 17.1 Å². The molecule has 1 amide bonds. The van der Waals surface area contributed by atoms with E-state index >= 15 is 0 Å². The average Bonchev–Trinajstić information content (AvgIpc) is 3.97. The molecule has 0 unspecified atom stereocenters. The van der Waals surface area contributed by atoms with Crippen molar-refractivity contribution in [2.45, 2.75) is 96.0 Å². The number of hydrogen-bond donors (Lipinski definition) is 1. The molecule has 4 heterocycles. The van der Waals surface area contributed by atoms with E-state index in [-0.39, 0.29) is 76.4 Å². The molecule has 4 aromatic rings. The molecule has 1 aliphatic heterocycles. The van der Waals surface area contributed by atoms with E-state index in [1.807, 2.05) is 24.8 Å². The van der Waals surface area contributed by atoms with Crippen LogP contribution in [0.25, 0.3) is 28.0 Å². The van der Waals surface area contributed by atoms with Crippen LogP contribution in [0.3, 0.4) is 0 Å². The Morgan fingerprint density at radius 3 is 2.20 bits per heavy atom. The number of carbonyl (C=O) groups excluding carboxylic acids is 1. The van der Waals surface area contributed by atoms with Gasteiger partial charge in [0.2, 0.25) is 0 Å². The fourth-order valence-electron chi connectivity index (χ4n) is 6.79. The number of nitrogens with two attached hydrogens (primary N) is 1. The first kappa shape index (κ1) is 34.2. The van der Waals surface area contributed by atoms with Gasteiger partial charge in [0.05, 0.1) is 39.3 Å². The maximum atomic E-state index is 14.5. The van der Waals surface area contributed by atoms with Gasteiger partial charge in [-0.15, -0.1) is 0 Å². The van der Waals surface area contributed by atoms with Gasteiger partial charge in [-0.1, -0.05) is 0 Å². The number of amides is 1. The van der Waals surface area contributed by atoms with Crippen molar-refractivity contribution in [3.05, 3.63) is 63.6 Å². The molecule has 2 saturated carbocycles. The van der Waals surface area contributed by atoms with E-state index in [2.05, 4.69) is 15.0 Å². The summed E-state index contributed by atoms with van der Waals surface area (Å²) in [6, 6.07) is 5.86. The number of aromatic nitrogens is 5. The highest BCUT2D eigenvalue weighted by Crippen LogP contribution is 2.48. The molecule has 266 valence electrons. The van der Waals surface area contributed by atoms with Gasteiger partial charge in [-0.2, -0.15) is 23.4 Å². The monoisotopic (exact) mass is 701 g/mol. The minimum atomic E-state index is -4.79. The molecule has 0 bridgehead atoms. The largest absolute Gasteiger partial charge is 0.444 e. The smallest absolute Gasteiger partial charge is 0.417 e. The molecule has 2 atom stereocenters. The second-order valence-electron chi connectivity index (χ2n) is 14.7. The molecule has 7 rings (SSSR count). The third-order valence-corrected chi connectivity index (χ3v) is 9.49. The average molecular weight is 702 g/mol. The molecule has 3 fully saturated rings. The van der Waals surface area contributed by atoms with Crippen molar-refractivity contribution in [1.29, 1.82) is 5.26 Å². The molecule has 1 aromatic carbocycles. The van der Waals surface area contributed by atoms with Crippen LogP contribution in [0.1, 0.15) is 94.7 Å². The van der Waals surface area contributed by atoms with Gasteiger partial charge in [0.15, 0.2) is 5.65 Å². The Kier molecular flexibility index (Phi) is 8.19. The lowest BCUT2D eigenvalue weighted by atomic mass is 9.98. The van der Waals surface area contributed by atoms with E-state index in [1.54, 1.807) is 25.7 Å². The molecule has 3 aliphatic rings. The van der Waals surface area contributed by atoms with Gasteiger partial charge < -0.3 is 20.3 Å². The summed E-state index contributed by atoms with van der Waals surface area (Å²) in [6.45, 7) is 9.58. The highest BCUT2D eigenvalue weighted by atomic mass is 19.4. The zero-order chi connectivity index (χ0) is 36.6. The molecule has 3 aromatic heterocycles. The topological polar surface area (TPSA) is 156 Å². The van der Waals surface area contributed by atoms with E-state index < -0.39 is 29.1 Å². The van der Waals surface area contributed by atoms with Crippen molar-refractivity contribution in [3.8, 4) is 23.0 Å². The van der Waals surface area contributed by atoms with Crippen molar-refractivity contribution in [1.82, 2.24) is 29.4 Å². The van der Waals surface area contributed by atoms with Crippen molar-refractivity contribution >= 4 is 28.6 Å². The molecule has 2 N–H and O–H groups in total. The summed E-state index contributed by atoms with van der Waals surface area (Å²) >= 11 is 0. The van der Waals surface area contributed by atoms with Gasteiger partial charge in [-0.05, 0) is 84.6 Å². The Morgan fingerprint density at radius 1 is 0.980 bits per heavy atom. The van der Waals surface area contributed by atoms with Crippen LogP contribution in [0, 0.1) is 11.3 Å². The number of anilines is 2. The van der Waals surface area contributed by atoms with Crippen LogP contribution in [0.15, 0.2) is 35.4 Å². The summed E-state index contributed by atoms with van der Waals surface area (Å²) in [4.78, 5) is 49.6. The van der Waals surface area contributed by atoms with Crippen LogP contribution in [-0.4, -0.2) is 66.3 Å². The summed E-state index contributed by atoms with van der Waals surface area (Å²) in [5.41, 5.74) is 4.56. The number of nitriles is 1. The lowest BCUT2D eigenvalue weighted by Crippen LogP contribution is -2.59. The number of nitrogen functional groups attached to an aromatic ring is 1. The number of fused-ring (bicyclic) bond motifs is 1. The summed E-state index contributed by atoms with van der Waals surface area (Å²) in [5.74, 6) is 0.353. The number of benzene rings is 1. The molecule has 0 spiro atoms. The van der Waals surface area contributed by atoms with Crippen molar-refractivity contribution < 1.29 is 22.7 Å². The Morgan fingerprint density at radius 2 is 1.63 bits per heavy atom. The first-order chi connectivity index (χ1) is 24.1. The summed E-state index contributed by atoms with van der Waals surface area (Å²) in [7, 11) is 0. The highest BCUT2D eigenvalue weighted by molar-refractivity contribution is 5.93. The standard InChI is InChI=1S/C36H38F3N9O3/c1-18-16-47(34(50)51-35(3,4)5)19(2)15-46(18)31-25-12-22(14-40)27(24-13-23(41)10-11-26(24)36(37,38)39)44-32(25)48(33(49)45-31)30-28(20-6-7-20)42-17-43-29(30)21-8-9-21/h10-13,17-21H,6-9,15-16,41H2,1-5H3/t18-,19+/m0/s1. The Hall–Kier alpha value is -5.26. The number of hydrogen-bond acceptors (Lipinski definition) is 10. The van der Waals surface area contributed by atoms with E-state index in [9.17, 15) is 28.0 Å². The normalized spacial score (nSPS) is 19.7. The van der Waals surface area contributed by atoms with Crippen LogP contribution in [-0.2, 0) is 10.9 Å². The zero-order valence-corrected chi connectivity index (χ0v) is 29.0. The van der Waals surface area contributed by atoms with Gasteiger partial charge in [0.1, 0.15) is 23.8 Å². The summed E-state index contributed by atoms with van der Waals surface area (Å²) in [6.07, 6.45) is -0.335. The maximum absolute atomic E-state index is 14.5. The molecule has 2 aliphatic carbocycles. The second kappa shape index (κ2) is 12.2. The van der Waals surface area contributed by atoms with Crippen LogP contribution < -0.4 is 16.3 Å². The minimum Gasteiger partial charge on any atom is -0.444 e. The molecule has 15 heteroatoms. The van der Waals surface area contributed by atoms with Crippen LogP contribution in [0.2, 0.25) is 0 Å². The van der Waals surface area contributed by atoms with Crippen LogP contribution >= 0.6 is 0 Å². The number of halogens is 3. The molecular formula is C36H38F3N9O3. The van der Waals surface area contributed by atoms with Gasteiger partial charge in [-0.3, -0.25) is 0 Å². The number of piperazine rings is 1. The Labute approximate surface area is 292 Å². The quantitative estimate of drug-likeness (QED) is 0.234. The predicted molar refractivity (Wildman–Crippen MR) is 183 cm³/mol. The molecular weight excluding hydrogens is 663 g/mol. The van der Waals surface area contributed by atoms with Gasteiger partial charge in [0, 0.05) is 48.3 Å². The van der Waals surface area contributed by atoms with E-state index in [0.717, 1.165) is 43.9 Å². The number of carbonyl (C=O) groups is 1. The van der Waals surface area contributed by atoms with Crippen molar-refractivity contribution in [2.75, 3.05) is 23.7 Å². The third kappa shape index (κ3) is 6.43. The lowest BCUT2D eigenvalue weighted by Gasteiger charge is -2.44. The second-order valence-corrected chi connectivity index (χ2v) is 14.7. The van der Waals surface area contributed by atoms with Gasteiger partial charge >= 0.3 is 18.0 Å². The molecule has 0 radical (unpaired) electrons. The fourth-order valence-corrected chi connectivity index (χ4v) is 6.79. The van der Waals surface area contributed by atoms with Crippen molar-refractivity contribution in [3.63, 3.8) is 0 Å². The lowest BCUT2D eigenvalue weighted by molar-refractivity contribution is -0.137. The predicted octanol–water partition coefficient (Wildman–Crippen LogP) is 6.30. The Balaban J connectivity index is 1.49. The van der Waals surface area contributed by atoms with Gasteiger partial charge in [0.25, 0.3) is 0 Å². The first-order valence-electron chi connectivity index (χ1n) is 17.0. The number of nitrogens with zero attached hydrogens (tertiary/aromatic N) is 8. The summed E-state index contributed by atoms with van der Waals surface area (Å²) in [5, 5.41) is 10.7. The highest BCUT2D eigenvalue weighted by Gasteiger charge is 2.40. The fraction of sp³-hybridized carbons (Fsp3) is 0.472. The van der Waals surface area contributed by atoms with Crippen LogP contribution in [0.5, 0.6) is 0 Å².